The average molecular weight is 292 g/mol. The van der Waals surface area contributed by atoms with Crippen molar-refractivity contribution < 1.29 is 0 Å². The average Bonchev–Trinajstić information content (AvgIpc) is 2.33. The number of pyridine rings is 1. The quantitative estimate of drug-likeness (QED) is 0.846. The van der Waals surface area contributed by atoms with Crippen molar-refractivity contribution >= 4 is 40.3 Å². The topological polar surface area (TPSA) is 50.9 Å². The van der Waals surface area contributed by atoms with Crippen molar-refractivity contribution in [1.82, 2.24) is 4.98 Å². The fourth-order valence-electron chi connectivity index (χ4n) is 1.71. The van der Waals surface area contributed by atoms with Crippen molar-refractivity contribution in [3.63, 3.8) is 0 Å². The number of nitrogens with two attached hydrogens (primary N) is 1. The zero-order valence-corrected chi connectivity index (χ0v) is 12.3. The second-order valence-corrected chi connectivity index (χ2v) is 5.17. The van der Waals surface area contributed by atoms with Crippen LogP contribution in [0.5, 0.6) is 0 Å². The van der Waals surface area contributed by atoms with Gasteiger partial charge in [-0.05, 0) is 43.7 Å². The first-order chi connectivity index (χ1) is 8.97. The normalized spacial score (nSPS) is 10.3. The number of nitrogens with zero attached hydrogens (tertiary/aromatic N) is 1. The lowest BCUT2D eigenvalue weighted by molar-refractivity contribution is 1.19. The number of hydrogen-bond donors (Lipinski definition) is 2. The number of hydrogen-bond acceptors (Lipinski definition) is 3. The van der Waals surface area contributed by atoms with Crippen LogP contribution in [0.25, 0.3) is 0 Å². The lowest BCUT2D eigenvalue weighted by Gasteiger charge is -2.12. The Morgan fingerprint density at radius 2 is 2.00 bits per heavy atom. The molecular weight excluding hydrogens is 278 g/mol. The minimum Gasteiger partial charge on any atom is -0.389 e. The van der Waals surface area contributed by atoms with E-state index in [1.54, 1.807) is 0 Å². The number of rotatable bonds is 3. The summed E-state index contributed by atoms with van der Waals surface area (Å²) in [5.41, 5.74) is 9.19. The van der Waals surface area contributed by atoms with Crippen LogP contribution in [-0.4, -0.2) is 9.97 Å². The second-order valence-electron chi connectivity index (χ2n) is 4.32. The highest BCUT2D eigenvalue weighted by Crippen LogP contribution is 2.27. The van der Waals surface area contributed by atoms with Crippen molar-refractivity contribution in [3.05, 3.63) is 52.2 Å². The van der Waals surface area contributed by atoms with Crippen LogP contribution >= 0.6 is 23.8 Å². The summed E-state index contributed by atoms with van der Waals surface area (Å²) >= 11 is 11.2. The molecule has 3 N–H and O–H groups in total. The Morgan fingerprint density at radius 1 is 1.26 bits per heavy atom. The molecule has 1 heterocycles. The maximum absolute atomic E-state index is 6.16. The maximum Gasteiger partial charge on any atom is 0.140 e. The molecule has 1 aromatic carbocycles. The Morgan fingerprint density at radius 3 is 2.68 bits per heavy atom. The molecule has 0 saturated heterocycles. The smallest absolute Gasteiger partial charge is 0.140 e. The summed E-state index contributed by atoms with van der Waals surface area (Å²) in [6.07, 6.45) is 0. The van der Waals surface area contributed by atoms with Crippen LogP contribution in [0.2, 0.25) is 5.02 Å². The van der Waals surface area contributed by atoms with E-state index in [2.05, 4.69) is 10.3 Å². The highest BCUT2D eigenvalue weighted by Gasteiger charge is 2.09. The molecule has 0 unspecified atom stereocenters. The SMILES string of the molecule is Cc1ccc(Cl)c(Nc2nc(C)ccc2C(N)=S)c1. The van der Waals surface area contributed by atoms with Gasteiger partial charge in [0.15, 0.2) is 0 Å². The van der Waals surface area contributed by atoms with Crippen LogP contribution < -0.4 is 11.1 Å². The Hall–Kier alpha value is -1.65. The lowest BCUT2D eigenvalue weighted by Crippen LogP contribution is -2.13. The molecule has 3 nitrogen and oxygen atoms in total. The number of benzene rings is 1. The number of halogens is 1. The molecule has 0 aliphatic rings. The summed E-state index contributed by atoms with van der Waals surface area (Å²) in [6.45, 7) is 3.91. The van der Waals surface area contributed by atoms with Gasteiger partial charge < -0.3 is 11.1 Å². The van der Waals surface area contributed by atoms with Gasteiger partial charge in [-0.15, -0.1) is 0 Å². The van der Waals surface area contributed by atoms with Crippen LogP contribution in [0.1, 0.15) is 16.8 Å². The Labute approximate surface area is 122 Å². The van der Waals surface area contributed by atoms with Crippen LogP contribution in [0.15, 0.2) is 30.3 Å². The van der Waals surface area contributed by atoms with Crippen molar-refractivity contribution in [2.45, 2.75) is 13.8 Å². The van der Waals surface area contributed by atoms with Crippen LogP contribution in [-0.2, 0) is 0 Å². The van der Waals surface area contributed by atoms with Crippen LogP contribution in [0.4, 0.5) is 11.5 Å². The van der Waals surface area contributed by atoms with Gasteiger partial charge in [-0.3, -0.25) is 0 Å². The van der Waals surface area contributed by atoms with Gasteiger partial charge in [-0.2, -0.15) is 0 Å². The number of anilines is 2. The summed E-state index contributed by atoms with van der Waals surface area (Å²) in [6, 6.07) is 9.48. The molecule has 0 bridgehead atoms. The van der Waals surface area contributed by atoms with Crippen molar-refractivity contribution in [3.8, 4) is 0 Å². The third kappa shape index (κ3) is 3.22. The summed E-state index contributed by atoms with van der Waals surface area (Å²) in [5.74, 6) is 0.625. The zero-order chi connectivity index (χ0) is 14.0. The lowest BCUT2D eigenvalue weighted by atomic mass is 10.2. The predicted molar refractivity (Wildman–Crippen MR) is 84.3 cm³/mol. The van der Waals surface area contributed by atoms with E-state index in [9.17, 15) is 0 Å². The standard InChI is InChI=1S/C14H14ClN3S/c1-8-3-6-11(15)12(7-8)18-14-10(13(16)19)5-4-9(2)17-14/h3-7H,1-2H3,(H2,16,19)(H,17,18). The van der Waals surface area contributed by atoms with Crippen molar-refractivity contribution in [1.29, 1.82) is 0 Å². The van der Waals surface area contributed by atoms with E-state index in [4.69, 9.17) is 29.6 Å². The minimum absolute atomic E-state index is 0.304. The van der Waals surface area contributed by atoms with Gasteiger partial charge in [-0.1, -0.05) is 29.9 Å². The first-order valence-electron chi connectivity index (χ1n) is 5.78. The molecule has 1 aromatic heterocycles. The van der Waals surface area contributed by atoms with E-state index in [0.29, 0.717) is 21.4 Å². The molecule has 2 aromatic rings. The molecular formula is C14H14ClN3S. The van der Waals surface area contributed by atoms with E-state index < -0.39 is 0 Å². The van der Waals surface area contributed by atoms with E-state index in [-0.39, 0.29) is 0 Å². The van der Waals surface area contributed by atoms with Crippen LogP contribution in [0, 0.1) is 13.8 Å². The summed E-state index contributed by atoms with van der Waals surface area (Å²) in [4.78, 5) is 4.73. The summed E-state index contributed by atoms with van der Waals surface area (Å²) in [7, 11) is 0. The number of nitrogens with one attached hydrogen (secondary N) is 1. The third-order valence-electron chi connectivity index (χ3n) is 2.67. The molecule has 5 heteroatoms. The number of aromatic nitrogens is 1. The van der Waals surface area contributed by atoms with Gasteiger partial charge in [0, 0.05) is 5.69 Å². The molecule has 0 spiro atoms. The fourth-order valence-corrected chi connectivity index (χ4v) is 2.04. The molecule has 2 rings (SSSR count). The molecule has 0 saturated carbocycles. The maximum atomic E-state index is 6.16. The molecule has 19 heavy (non-hydrogen) atoms. The number of aryl methyl sites for hydroxylation is 2. The Balaban J connectivity index is 2.45. The van der Waals surface area contributed by atoms with E-state index >= 15 is 0 Å². The molecule has 98 valence electrons. The first-order valence-corrected chi connectivity index (χ1v) is 6.56. The van der Waals surface area contributed by atoms with E-state index in [1.807, 2.05) is 44.2 Å². The molecule has 0 amide bonds. The summed E-state index contributed by atoms with van der Waals surface area (Å²) in [5, 5.41) is 3.82. The zero-order valence-electron chi connectivity index (χ0n) is 10.7. The minimum atomic E-state index is 0.304. The molecule has 0 fully saturated rings. The van der Waals surface area contributed by atoms with Crippen molar-refractivity contribution in [2.24, 2.45) is 5.73 Å². The Kier molecular flexibility index (Phi) is 4.02. The highest BCUT2D eigenvalue weighted by molar-refractivity contribution is 7.80. The van der Waals surface area contributed by atoms with Crippen LogP contribution in [0.3, 0.4) is 0 Å². The fraction of sp³-hybridized carbons (Fsp3) is 0.143. The van der Waals surface area contributed by atoms with Gasteiger partial charge in [0.1, 0.15) is 10.8 Å². The first kappa shape index (κ1) is 13.8. The van der Waals surface area contributed by atoms with Gasteiger partial charge in [0.2, 0.25) is 0 Å². The number of thiocarbonyl (C=S) groups is 1. The van der Waals surface area contributed by atoms with Gasteiger partial charge in [-0.25, -0.2) is 4.98 Å². The molecule has 0 aliphatic heterocycles. The molecule has 0 radical (unpaired) electrons. The second kappa shape index (κ2) is 5.55. The van der Waals surface area contributed by atoms with Gasteiger partial charge in [0.05, 0.1) is 16.3 Å². The van der Waals surface area contributed by atoms with Gasteiger partial charge >= 0.3 is 0 Å². The molecule has 0 atom stereocenters. The van der Waals surface area contributed by atoms with E-state index in [1.165, 1.54) is 0 Å². The van der Waals surface area contributed by atoms with Gasteiger partial charge in [0.25, 0.3) is 0 Å². The van der Waals surface area contributed by atoms with Crippen molar-refractivity contribution in [2.75, 3.05) is 5.32 Å². The monoisotopic (exact) mass is 291 g/mol. The highest BCUT2D eigenvalue weighted by atomic mass is 35.5. The molecule has 0 aliphatic carbocycles. The third-order valence-corrected chi connectivity index (χ3v) is 3.22. The predicted octanol–water partition coefficient (Wildman–Crippen LogP) is 3.73. The summed E-state index contributed by atoms with van der Waals surface area (Å²) < 4.78 is 0. The van der Waals surface area contributed by atoms with E-state index in [0.717, 1.165) is 16.9 Å². The largest absolute Gasteiger partial charge is 0.389 e. The Bertz CT molecular complexity index is 641.